The van der Waals surface area contributed by atoms with Crippen molar-refractivity contribution in [2.45, 2.75) is 19.4 Å². The van der Waals surface area contributed by atoms with Crippen LogP contribution in [0.5, 0.6) is 0 Å². The van der Waals surface area contributed by atoms with Gasteiger partial charge in [-0.1, -0.05) is 0 Å². The zero-order valence-corrected chi connectivity index (χ0v) is 8.12. The van der Waals surface area contributed by atoms with Gasteiger partial charge in [0.2, 0.25) is 0 Å². The lowest BCUT2D eigenvalue weighted by molar-refractivity contribution is -0.153. The largest absolute Gasteiger partial charge is 0.462 e. The van der Waals surface area contributed by atoms with E-state index in [0.717, 1.165) is 0 Å². The Balaban J connectivity index is 3.71. The van der Waals surface area contributed by atoms with Gasteiger partial charge in [-0.2, -0.15) is 0 Å². The average Bonchev–Trinajstić information content (AvgIpc) is 2.13. The second-order valence-corrected chi connectivity index (χ2v) is 2.65. The van der Waals surface area contributed by atoms with E-state index in [2.05, 4.69) is 10.1 Å². The first-order chi connectivity index (χ1) is 6.11. The fourth-order valence-corrected chi connectivity index (χ4v) is 0.742. The molecule has 5 nitrogen and oxygen atoms in total. The standard InChI is InChI=1S/C8H15NO4/c1-6(4-5-12-2)9-7(10)8(11)13-3/h6H,4-5H2,1-3H3,(H,9,10). The molecule has 0 spiro atoms. The Hall–Kier alpha value is -1.10. The first kappa shape index (κ1) is 11.9. The summed E-state index contributed by atoms with van der Waals surface area (Å²) >= 11 is 0. The van der Waals surface area contributed by atoms with Crippen LogP contribution < -0.4 is 5.32 Å². The molecule has 1 unspecified atom stereocenters. The van der Waals surface area contributed by atoms with Gasteiger partial charge in [0.25, 0.3) is 0 Å². The summed E-state index contributed by atoms with van der Waals surface area (Å²) in [5.41, 5.74) is 0. The maximum atomic E-state index is 10.9. The maximum Gasteiger partial charge on any atom is 0.396 e. The summed E-state index contributed by atoms with van der Waals surface area (Å²) < 4.78 is 9.05. The van der Waals surface area contributed by atoms with Gasteiger partial charge in [0.15, 0.2) is 0 Å². The minimum atomic E-state index is -0.871. The summed E-state index contributed by atoms with van der Waals surface area (Å²) in [6, 6.07) is -0.0912. The van der Waals surface area contributed by atoms with Crippen LogP contribution in [-0.4, -0.2) is 38.7 Å². The molecule has 0 aromatic carbocycles. The number of carbonyl (C=O) groups excluding carboxylic acids is 2. The third kappa shape index (κ3) is 5.19. The molecular weight excluding hydrogens is 174 g/mol. The van der Waals surface area contributed by atoms with Gasteiger partial charge in [0, 0.05) is 19.8 Å². The highest BCUT2D eigenvalue weighted by molar-refractivity contribution is 6.32. The molecule has 0 radical (unpaired) electrons. The quantitative estimate of drug-likeness (QED) is 0.487. The lowest BCUT2D eigenvalue weighted by Gasteiger charge is -2.11. The van der Waals surface area contributed by atoms with Crippen LogP contribution in [-0.2, 0) is 19.1 Å². The van der Waals surface area contributed by atoms with Crippen LogP contribution in [0.15, 0.2) is 0 Å². The number of hydrogen-bond donors (Lipinski definition) is 1. The number of methoxy groups -OCH3 is 2. The van der Waals surface area contributed by atoms with Gasteiger partial charge < -0.3 is 14.8 Å². The number of rotatable bonds is 4. The summed E-state index contributed by atoms with van der Waals surface area (Å²) in [4.78, 5) is 21.6. The van der Waals surface area contributed by atoms with Gasteiger partial charge >= 0.3 is 11.9 Å². The summed E-state index contributed by atoms with van der Waals surface area (Å²) in [5.74, 6) is -1.59. The Morgan fingerprint density at radius 1 is 1.38 bits per heavy atom. The normalized spacial score (nSPS) is 11.9. The first-order valence-electron chi connectivity index (χ1n) is 3.99. The smallest absolute Gasteiger partial charge is 0.396 e. The van der Waals surface area contributed by atoms with Crippen molar-refractivity contribution in [1.29, 1.82) is 0 Å². The zero-order chi connectivity index (χ0) is 10.3. The number of ether oxygens (including phenoxy) is 2. The predicted molar refractivity (Wildman–Crippen MR) is 46.1 cm³/mol. The van der Waals surface area contributed by atoms with E-state index >= 15 is 0 Å². The molecule has 1 N–H and O–H groups in total. The van der Waals surface area contributed by atoms with E-state index < -0.39 is 11.9 Å². The van der Waals surface area contributed by atoms with Crippen molar-refractivity contribution in [3.63, 3.8) is 0 Å². The van der Waals surface area contributed by atoms with Crippen molar-refractivity contribution in [3.8, 4) is 0 Å². The molecule has 0 aliphatic rings. The highest BCUT2D eigenvalue weighted by atomic mass is 16.5. The Bertz CT molecular complexity index is 181. The van der Waals surface area contributed by atoms with E-state index in [4.69, 9.17) is 4.74 Å². The van der Waals surface area contributed by atoms with Crippen LogP contribution in [0.25, 0.3) is 0 Å². The molecule has 0 saturated carbocycles. The fraction of sp³-hybridized carbons (Fsp3) is 0.750. The molecule has 0 saturated heterocycles. The highest BCUT2D eigenvalue weighted by Gasteiger charge is 2.15. The van der Waals surface area contributed by atoms with Crippen molar-refractivity contribution >= 4 is 11.9 Å². The first-order valence-corrected chi connectivity index (χ1v) is 3.99. The third-order valence-corrected chi connectivity index (χ3v) is 1.50. The molecule has 76 valence electrons. The van der Waals surface area contributed by atoms with Gasteiger partial charge in [0.1, 0.15) is 0 Å². The van der Waals surface area contributed by atoms with Crippen LogP contribution in [0.3, 0.4) is 0 Å². The molecule has 0 aromatic heterocycles. The van der Waals surface area contributed by atoms with Crippen molar-refractivity contribution in [2.75, 3.05) is 20.8 Å². The Kier molecular flexibility index (Phi) is 5.88. The highest BCUT2D eigenvalue weighted by Crippen LogP contribution is 1.90. The summed E-state index contributed by atoms with van der Waals surface area (Å²) in [7, 11) is 2.75. The minimum Gasteiger partial charge on any atom is -0.462 e. The van der Waals surface area contributed by atoms with Crippen molar-refractivity contribution in [1.82, 2.24) is 5.32 Å². The van der Waals surface area contributed by atoms with Crippen LogP contribution in [0.4, 0.5) is 0 Å². The van der Waals surface area contributed by atoms with Crippen molar-refractivity contribution in [2.24, 2.45) is 0 Å². The SMILES string of the molecule is COCCC(C)NC(=O)C(=O)OC. The monoisotopic (exact) mass is 189 g/mol. The molecule has 1 atom stereocenters. The third-order valence-electron chi connectivity index (χ3n) is 1.50. The summed E-state index contributed by atoms with van der Waals surface area (Å²) in [5, 5.41) is 2.47. The van der Waals surface area contributed by atoms with E-state index in [1.807, 2.05) is 0 Å². The van der Waals surface area contributed by atoms with E-state index in [1.165, 1.54) is 7.11 Å². The number of carbonyl (C=O) groups is 2. The molecule has 5 heteroatoms. The van der Waals surface area contributed by atoms with Gasteiger partial charge in [-0.15, -0.1) is 0 Å². The second-order valence-electron chi connectivity index (χ2n) is 2.65. The fourth-order valence-electron chi connectivity index (χ4n) is 0.742. The van der Waals surface area contributed by atoms with E-state index in [0.29, 0.717) is 13.0 Å². The van der Waals surface area contributed by atoms with Crippen molar-refractivity contribution in [3.05, 3.63) is 0 Å². The summed E-state index contributed by atoms with van der Waals surface area (Å²) in [6.45, 7) is 2.34. The van der Waals surface area contributed by atoms with Crippen LogP contribution >= 0.6 is 0 Å². The van der Waals surface area contributed by atoms with Gasteiger partial charge in [-0.25, -0.2) is 4.79 Å². The van der Waals surface area contributed by atoms with E-state index in [1.54, 1.807) is 14.0 Å². The molecule has 0 fully saturated rings. The molecule has 0 aromatic rings. The molecule has 1 amide bonds. The van der Waals surface area contributed by atoms with Crippen molar-refractivity contribution < 1.29 is 19.1 Å². The Labute approximate surface area is 77.4 Å². The van der Waals surface area contributed by atoms with Crippen LogP contribution in [0.2, 0.25) is 0 Å². The second kappa shape index (κ2) is 6.42. The van der Waals surface area contributed by atoms with Crippen LogP contribution in [0.1, 0.15) is 13.3 Å². The minimum absolute atomic E-state index is 0.0912. The topological polar surface area (TPSA) is 64.6 Å². The number of esters is 1. The zero-order valence-electron chi connectivity index (χ0n) is 8.12. The maximum absolute atomic E-state index is 10.9. The molecule has 0 bridgehead atoms. The molecule has 13 heavy (non-hydrogen) atoms. The molecular formula is C8H15NO4. The lowest BCUT2D eigenvalue weighted by Crippen LogP contribution is -2.38. The number of hydrogen-bond acceptors (Lipinski definition) is 4. The van der Waals surface area contributed by atoms with Gasteiger partial charge in [0.05, 0.1) is 7.11 Å². The van der Waals surface area contributed by atoms with Gasteiger partial charge in [-0.3, -0.25) is 4.79 Å². The molecule has 0 aliphatic carbocycles. The number of amides is 1. The molecule has 0 rings (SSSR count). The lowest BCUT2D eigenvalue weighted by atomic mass is 10.2. The van der Waals surface area contributed by atoms with E-state index in [9.17, 15) is 9.59 Å². The van der Waals surface area contributed by atoms with Gasteiger partial charge in [-0.05, 0) is 13.3 Å². The number of nitrogens with one attached hydrogen (secondary N) is 1. The van der Waals surface area contributed by atoms with E-state index in [-0.39, 0.29) is 6.04 Å². The molecule has 0 aliphatic heterocycles. The Morgan fingerprint density at radius 3 is 2.46 bits per heavy atom. The summed E-state index contributed by atoms with van der Waals surface area (Å²) in [6.07, 6.45) is 0.666. The molecule has 0 heterocycles. The predicted octanol–water partition coefficient (Wildman–Crippen LogP) is -0.299. The average molecular weight is 189 g/mol. The Morgan fingerprint density at radius 2 is 2.00 bits per heavy atom. The van der Waals surface area contributed by atoms with Crippen LogP contribution in [0, 0.1) is 0 Å².